The van der Waals surface area contributed by atoms with Gasteiger partial charge < -0.3 is 14.4 Å². The highest BCUT2D eigenvalue weighted by molar-refractivity contribution is 6.30. The van der Waals surface area contributed by atoms with Crippen LogP contribution in [0.15, 0.2) is 48.5 Å². The Morgan fingerprint density at radius 1 is 1.12 bits per heavy atom. The summed E-state index contributed by atoms with van der Waals surface area (Å²) in [6.45, 7) is 4.87. The number of hydrogen-bond donors (Lipinski definition) is 1. The second kappa shape index (κ2) is 7.24. The van der Waals surface area contributed by atoms with Gasteiger partial charge in [0.2, 0.25) is 0 Å². The van der Waals surface area contributed by atoms with Gasteiger partial charge in [-0.1, -0.05) is 37.6 Å². The van der Waals surface area contributed by atoms with Crippen LogP contribution in [0.1, 0.15) is 25.6 Å². The Labute approximate surface area is 146 Å². The van der Waals surface area contributed by atoms with Gasteiger partial charge in [-0.3, -0.25) is 0 Å². The Hall–Kier alpha value is -2.04. The van der Waals surface area contributed by atoms with Gasteiger partial charge in [0.1, 0.15) is 24.3 Å². The molecule has 0 aliphatic heterocycles. The molecule has 0 bridgehead atoms. The Morgan fingerprint density at radius 3 is 2.54 bits per heavy atom. The zero-order chi connectivity index (χ0) is 17.1. The topological polar surface area (TPSA) is 47.3 Å². The number of imidazole rings is 1. The molecule has 1 atom stereocenters. The molecule has 1 unspecified atom stereocenters. The molecule has 2 aromatic carbocycles. The van der Waals surface area contributed by atoms with Crippen molar-refractivity contribution in [2.24, 2.45) is 0 Å². The molecule has 0 fully saturated rings. The number of benzene rings is 2. The van der Waals surface area contributed by atoms with E-state index in [4.69, 9.17) is 16.3 Å². The predicted molar refractivity (Wildman–Crippen MR) is 96.8 cm³/mol. The van der Waals surface area contributed by atoms with Crippen molar-refractivity contribution >= 4 is 22.6 Å². The lowest BCUT2D eigenvalue weighted by atomic mass is 10.2. The molecule has 0 radical (unpaired) electrons. The summed E-state index contributed by atoms with van der Waals surface area (Å²) in [5, 5.41) is 11.1. The summed E-state index contributed by atoms with van der Waals surface area (Å²) >= 11 is 5.86. The van der Waals surface area contributed by atoms with Gasteiger partial charge in [-0.25, -0.2) is 4.98 Å². The van der Waals surface area contributed by atoms with Gasteiger partial charge in [0.05, 0.1) is 17.6 Å². The maximum Gasteiger partial charge on any atom is 0.119 e. The minimum Gasteiger partial charge on any atom is -0.491 e. The lowest BCUT2D eigenvalue weighted by molar-refractivity contribution is 0.0925. The summed E-state index contributed by atoms with van der Waals surface area (Å²) in [7, 11) is 0. The van der Waals surface area contributed by atoms with Crippen LogP contribution in [0.25, 0.3) is 11.0 Å². The first-order chi connectivity index (χ1) is 11.5. The van der Waals surface area contributed by atoms with Crippen LogP contribution in [-0.2, 0) is 6.54 Å². The number of aliphatic hydroxyl groups is 1. The van der Waals surface area contributed by atoms with Crippen molar-refractivity contribution in [2.45, 2.75) is 32.4 Å². The summed E-state index contributed by atoms with van der Waals surface area (Å²) in [5.41, 5.74) is 1.98. The summed E-state index contributed by atoms with van der Waals surface area (Å²) in [4.78, 5) is 4.69. The number of aromatic nitrogens is 2. The molecular weight excluding hydrogens is 324 g/mol. The Morgan fingerprint density at radius 2 is 1.83 bits per heavy atom. The Kier molecular flexibility index (Phi) is 5.07. The number of fused-ring (bicyclic) bond motifs is 1. The molecular formula is C19H21ClN2O2. The van der Waals surface area contributed by atoms with E-state index < -0.39 is 6.10 Å². The normalized spacial score (nSPS) is 12.7. The van der Waals surface area contributed by atoms with E-state index in [9.17, 15) is 5.11 Å². The van der Waals surface area contributed by atoms with Gasteiger partial charge in [0.25, 0.3) is 0 Å². The molecule has 126 valence electrons. The maximum atomic E-state index is 10.4. The van der Waals surface area contributed by atoms with E-state index >= 15 is 0 Å². The first kappa shape index (κ1) is 16.8. The van der Waals surface area contributed by atoms with Crippen molar-refractivity contribution in [3.8, 4) is 5.75 Å². The summed E-state index contributed by atoms with van der Waals surface area (Å²) in [6, 6.07) is 15.1. The molecule has 5 heteroatoms. The molecule has 0 saturated heterocycles. The SMILES string of the molecule is CC(C)c1nc2ccccc2n1CC(O)COc1ccc(Cl)cc1. The number of rotatable bonds is 6. The monoisotopic (exact) mass is 344 g/mol. The van der Waals surface area contributed by atoms with E-state index in [2.05, 4.69) is 23.4 Å². The molecule has 0 amide bonds. The fourth-order valence-corrected chi connectivity index (χ4v) is 2.84. The number of aliphatic hydroxyl groups excluding tert-OH is 1. The molecule has 24 heavy (non-hydrogen) atoms. The fraction of sp³-hybridized carbons (Fsp3) is 0.316. The van der Waals surface area contributed by atoms with Crippen molar-refractivity contribution in [1.82, 2.24) is 9.55 Å². The van der Waals surface area contributed by atoms with E-state index in [1.807, 2.05) is 24.3 Å². The molecule has 3 aromatic rings. The van der Waals surface area contributed by atoms with Crippen molar-refractivity contribution in [2.75, 3.05) is 6.61 Å². The number of halogens is 1. The maximum absolute atomic E-state index is 10.4. The highest BCUT2D eigenvalue weighted by atomic mass is 35.5. The van der Waals surface area contributed by atoms with Crippen LogP contribution in [0.2, 0.25) is 5.02 Å². The standard InChI is InChI=1S/C19H21ClN2O2/c1-13(2)19-21-17-5-3-4-6-18(17)22(19)11-15(23)12-24-16-9-7-14(20)8-10-16/h3-10,13,15,23H,11-12H2,1-2H3. The van der Waals surface area contributed by atoms with E-state index in [-0.39, 0.29) is 12.5 Å². The number of para-hydroxylation sites is 2. The fourth-order valence-electron chi connectivity index (χ4n) is 2.71. The predicted octanol–water partition coefficient (Wildman–Crippen LogP) is 4.25. The second-order valence-corrected chi connectivity index (χ2v) is 6.58. The Bertz CT molecular complexity index is 812. The van der Waals surface area contributed by atoms with Crippen LogP contribution < -0.4 is 4.74 Å². The van der Waals surface area contributed by atoms with Crippen molar-refractivity contribution in [3.05, 3.63) is 59.4 Å². The zero-order valence-electron chi connectivity index (χ0n) is 13.8. The van der Waals surface area contributed by atoms with E-state index in [0.717, 1.165) is 16.9 Å². The van der Waals surface area contributed by atoms with Gasteiger partial charge >= 0.3 is 0 Å². The molecule has 0 saturated carbocycles. The van der Waals surface area contributed by atoms with Crippen LogP contribution in [0.5, 0.6) is 5.75 Å². The smallest absolute Gasteiger partial charge is 0.119 e. The average Bonchev–Trinajstić information content (AvgIpc) is 2.93. The van der Waals surface area contributed by atoms with Crippen LogP contribution >= 0.6 is 11.6 Å². The van der Waals surface area contributed by atoms with Crippen molar-refractivity contribution in [1.29, 1.82) is 0 Å². The molecule has 0 aliphatic rings. The van der Waals surface area contributed by atoms with Crippen molar-refractivity contribution < 1.29 is 9.84 Å². The van der Waals surface area contributed by atoms with E-state index in [1.165, 1.54) is 0 Å². The highest BCUT2D eigenvalue weighted by Crippen LogP contribution is 2.22. The van der Waals surface area contributed by atoms with Crippen molar-refractivity contribution in [3.63, 3.8) is 0 Å². The number of nitrogens with zero attached hydrogens (tertiary/aromatic N) is 2. The third kappa shape index (κ3) is 3.71. The van der Waals surface area contributed by atoms with Gasteiger partial charge in [-0.05, 0) is 36.4 Å². The molecule has 0 aliphatic carbocycles. The quantitative estimate of drug-likeness (QED) is 0.727. The third-order valence-corrected chi connectivity index (χ3v) is 4.10. The Balaban J connectivity index is 1.73. The lowest BCUT2D eigenvalue weighted by Crippen LogP contribution is -2.24. The minimum atomic E-state index is -0.629. The number of ether oxygens (including phenoxy) is 1. The molecule has 1 N–H and O–H groups in total. The lowest BCUT2D eigenvalue weighted by Gasteiger charge is -2.17. The number of hydrogen-bond acceptors (Lipinski definition) is 3. The largest absolute Gasteiger partial charge is 0.491 e. The van der Waals surface area contributed by atoms with Crippen LogP contribution in [0.4, 0.5) is 0 Å². The third-order valence-electron chi connectivity index (χ3n) is 3.85. The van der Waals surface area contributed by atoms with E-state index in [0.29, 0.717) is 17.3 Å². The first-order valence-electron chi connectivity index (χ1n) is 8.06. The molecule has 1 heterocycles. The molecule has 0 spiro atoms. The minimum absolute atomic E-state index is 0.214. The summed E-state index contributed by atoms with van der Waals surface area (Å²) in [6.07, 6.45) is -0.629. The molecule has 3 rings (SSSR count). The van der Waals surface area contributed by atoms with E-state index in [1.54, 1.807) is 24.3 Å². The summed E-state index contributed by atoms with van der Waals surface area (Å²) < 4.78 is 7.72. The average molecular weight is 345 g/mol. The van der Waals surface area contributed by atoms with Crippen LogP contribution in [0, 0.1) is 0 Å². The van der Waals surface area contributed by atoms with Gasteiger partial charge in [0, 0.05) is 10.9 Å². The second-order valence-electron chi connectivity index (χ2n) is 6.14. The molecule has 4 nitrogen and oxygen atoms in total. The first-order valence-corrected chi connectivity index (χ1v) is 8.44. The van der Waals surface area contributed by atoms with Crippen LogP contribution in [-0.4, -0.2) is 27.4 Å². The highest BCUT2D eigenvalue weighted by Gasteiger charge is 2.16. The molecule has 1 aromatic heterocycles. The summed E-state index contributed by atoms with van der Waals surface area (Å²) in [5.74, 6) is 1.95. The van der Waals surface area contributed by atoms with Gasteiger partial charge in [-0.2, -0.15) is 0 Å². The zero-order valence-corrected chi connectivity index (χ0v) is 14.6. The van der Waals surface area contributed by atoms with Crippen LogP contribution in [0.3, 0.4) is 0 Å². The van der Waals surface area contributed by atoms with Gasteiger partial charge in [0.15, 0.2) is 0 Å². The van der Waals surface area contributed by atoms with Gasteiger partial charge in [-0.15, -0.1) is 0 Å².